The molecule has 1 aliphatic rings. The highest BCUT2D eigenvalue weighted by Crippen LogP contribution is 2.35. The Morgan fingerprint density at radius 3 is 2.85 bits per heavy atom. The largest absolute Gasteiger partial charge is 0.288 e. The first-order chi connectivity index (χ1) is 12.7. The molecule has 1 amide bonds. The first-order valence-electron chi connectivity index (χ1n) is 8.32. The van der Waals surface area contributed by atoms with Crippen molar-refractivity contribution in [2.24, 2.45) is 4.99 Å². The Kier molecular flexibility index (Phi) is 5.28. The van der Waals surface area contributed by atoms with E-state index < -0.39 is 0 Å². The zero-order chi connectivity index (χ0) is 17.9. The van der Waals surface area contributed by atoms with Crippen LogP contribution in [0.3, 0.4) is 0 Å². The highest BCUT2D eigenvalue weighted by Gasteiger charge is 2.20. The Hall–Kier alpha value is -1.83. The summed E-state index contributed by atoms with van der Waals surface area (Å²) in [4.78, 5) is 23.8. The maximum absolute atomic E-state index is 12.7. The van der Waals surface area contributed by atoms with Gasteiger partial charge in [-0.15, -0.1) is 0 Å². The van der Waals surface area contributed by atoms with E-state index in [1.165, 1.54) is 17.3 Å². The van der Waals surface area contributed by atoms with Crippen LogP contribution >= 0.6 is 34.9 Å². The lowest BCUT2D eigenvalue weighted by Crippen LogP contribution is -2.32. The summed E-state index contributed by atoms with van der Waals surface area (Å²) in [7, 11) is 0. The third-order valence-corrected chi connectivity index (χ3v) is 7.29. The van der Waals surface area contributed by atoms with Crippen LogP contribution in [0.4, 0.5) is 10.8 Å². The number of para-hydroxylation sites is 2. The molecule has 0 aliphatic carbocycles. The van der Waals surface area contributed by atoms with Crippen molar-refractivity contribution >= 4 is 66.2 Å². The van der Waals surface area contributed by atoms with Crippen molar-refractivity contribution in [3.8, 4) is 0 Å². The molecule has 0 saturated carbocycles. The van der Waals surface area contributed by atoms with Crippen LogP contribution in [-0.4, -0.2) is 27.6 Å². The number of thioether (sulfide) groups is 2. The number of aliphatic imine (C=N–C) groups is 1. The monoisotopic (exact) mass is 399 g/mol. The van der Waals surface area contributed by atoms with Gasteiger partial charge in [-0.1, -0.05) is 65.2 Å². The summed E-state index contributed by atoms with van der Waals surface area (Å²) in [5.74, 6) is 1.35. The number of carbonyl (C=O) groups excluding carboxylic acids is 1. The van der Waals surface area contributed by atoms with Gasteiger partial charge in [0.05, 0.1) is 21.7 Å². The van der Waals surface area contributed by atoms with Crippen LogP contribution in [-0.2, 0) is 10.5 Å². The summed E-state index contributed by atoms with van der Waals surface area (Å²) >= 11 is 4.77. The molecule has 7 heteroatoms. The summed E-state index contributed by atoms with van der Waals surface area (Å²) in [6.45, 7) is 2.60. The lowest BCUT2D eigenvalue weighted by Gasteiger charge is -2.18. The van der Waals surface area contributed by atoms with Gasteiger partial charge in [0, 0.05) is 12.3 Å². The van der Waals surface area contributed by atoms with Crippen molar-refractivity contribution in [1.29, 1.82) is 0 Å². The van der Waals surface area contributed by atoms with Crippen molar-refractivity contribution in [3.05, 3.63) is 54.1 Å². The van der Waals surface area contributed by atoms with Gasteiger partial charge in [-0.2, -0.15) is 0 Å². The number of anilines is 1. The highest BCUT2D eigenvalue weighted by molar-refractivity contribution is 8.38. The first-order valence-corrected chi connectivity index (χ1v) is 11.1. The van der Waals surface area contributed by atoms with Crippen LogP contribution in [0.5, 0.6) is 0 Å². The first kappa shape index (κ1) is 17.6. The lowest BCUT2D eigenvalue weighted by molar-refractivity contribution is -0.116. The molecule has 0 spiro atoms. The molecule has 0 unspecified atom stereocenters. The Morgan fingerprint density at radius 1 is 1.19 bits per heavy atom. The third kappa shape index (κ3) is 3.65. The Balaban J connectivity index is 1.46. The molecule has 0 radical (unpaired) electrons. The molecule has 2 aromatic carbocycles. The molecular weight excluding hydrogens is 382 g/mol. The predicted octanol–water partition coefficient (Wildman–Crippen LogP) is 5.32. The van der Waals surface area contributed by atoms with Gasteiger partial charge < -0.3 is 0 Å². The van der Waals surface area contributed by atoms with Crippen molar-refractivity contribution in [2.45, 2.75) is 12.7 Å². The highest BCUT2D eigenvalue weighted by atomic mass is 32.2. The number of carbonyl (C=O) groups is 1. The Morgan fingerprint density at radius 2 is 2.00 bits per heavy atom. The molecule has 0 bridgehead atoms. The van der Waals surface area contributed by atoms with E-state index in [0.29, 0.717) is 12.3 Å². The van der Waals surface area contributed by atoms with Crippen LogP contribution < -0.4 is 4.90 Å². The Labute approximate surface area is 164 Å². The molecular formula is C19H17N3OS3. The van der Waals surface area contributed by atoms with E-state index in [9.17, 15) is 4.79 Å². The second-order valence-electron chi connectivity index (χ2n) is 5.69. The summed E-state index contributed by atoms with van der Waals surface area (Å²) in [5, 5.41) is 0.767. The number of rotatable bonds is 4. The molecule has 0 N–H and O–H groups in total. The summed E-state index contributed by atoms with van der Waals surface area (Å²) in [6.07, 6.45) is 0. The number of amides is 1. The molecule has 4 rings (SSSR count). The van der Waals surface area contributed by atoms with Crippen molar-refractivity contribution in [3.63, 3.8) is 0 Å². The summed E-state index contributed by atoms with van der Waals surface area (Å²) in [5.41, 5.74) is 3.20. The minimum absolute atomic E-state index is 0.0683. The van der Waals surface area contributed by atoms with Gasteiger partial charge in [-0.3, -0.25) is 9.69 Å². The van der Waals surface area contributed by atoms with Gasteiger partial charge in [0.1, 0.15) is 4.38 Å². The fourth-order valence-electron chi connectivity index (χ4n) is 2.68. The van der Waals surface area contributed by atoms with Crippen LogP contribution in [0.2, 0.25) is 0 Å². The summed E-state index contributed by atoms with van der Waals surface area (Å²) in [6, 6.07) is 16.1. The smallest absolute Gasteiger partial charge is 0.239 e. The van der Waals surface area contributed by atoms with E-state index in [1.807, 2.05) is 49.4 Å². The van der Waals surface area contributed by atoms with Crippen molar-refractivity contribution < 1.29 is 4.79 Å². The SMILES string of the molecule is CCN(C(=O)CSC1=Nc2ccccc2CS1)c1nc2ccccc2s1. The molecule has 4 nitrogen and oxygen atoms in total. The molecule has 2 heterocycles. The van der Waals surface area contributed by atoms with E-state index >= 15 is 0 Å². The van der Waals surface area contributed by atoms with E-state index in [0.717, 1.165) is 31.2 Å². The quantitative estimate of drug-likeness (QED) is 0.596. The minimum Gasteiger partial charge on any atom is -0.288 e. The molecule has 0 fully saturated rings. The number of hydrogen-bond donors (Lipinski definition) is 0. The van der Waals surface area contributed by atoms with Crippen LogP contribution in [0.15, 0.2) is 53.5 Å². The van der Waals surface area contributed by atoms with Gasteiger partial charge in [-0.05, 0) is 30.7 Å². The standard InChI is InChI=1S/C19H17N3OS3/c1-2-22(18-20-15-9-5-6-10-16(15)26-18)17(23)12-25-19-21-14-8-4-3-7-13(14)11-24-19/h3-10H,2,11-12H2,1H3. The number of hydrogen-bond acceptors (Lipinski definition) is 6. The number of fused-ring (bicyclic) bond motifs is 2. The number of aromatic nitrogens is 1. The normalized spacial score (nSPS) is 13.3. The van der Waals surface area contributed by atoms with Crippen molar-refractivity contribution in [1.82, 2.24) is 4.98 Å². The Bertz CT molecular complexity index is 950. The maximum atomic E-state index is 12.7. The van der Waals surface area contributed by atoms with Crippen LogP contribution in [0.1, 0.15) is 12.5 Å². The average Bonchev–Trinajstić information content (AvgIpc) is 3.10. The molecule has 3 aromatic rings. The number of nitrogens with zero attached hydrogens (tertiary/aromatic N) is 3. The number of thiazole rings is 1. The third-order valence-electron chi connectivity index (χ3n) is 4.00. The van der Waals surface area contributed by atoms with E-state index in [4.69, 9.17) is 0 Å². The van der Waals surface area contributed by atoms with Gasteiger partial charge in [0.15, 0.2) is 5.13 Å². The van der Waals surface area contributed by atoms with Crippen LogP contribution in [0.25, 0.3) is 10.2 Å². The summed E-state index contributed by atoms with van der Waals surface area (Å²) < 4.78 is 2.06. The zero-order valence-corrected chi connectivity index (χ0v) is 16.7. The van der Waals surface area contributed by atoms with Crippen molar-refractivity contribution in [2.75, 3.05) is 17.2 Å². The van der Waals surface area contributed by atoms with Gasteiger partial charge >= 0.3 is 0 Å². The molecule has 1 aromatic heterocycles. The second-order valence-corrected chi connectivity index (χ2v) is 8.88. The molecule has 132 valence electrons. The molecule has 26 heavy (non-hydrogen) atoms. The van der Waals surface area contributed by atoms with Gasteiger partial charge in [-0.25, -0.2) is 9.98 Å². The zero-order valence-electron chi connectivity index (χ0n) is 14.2. The van der Waals surface area contributed by atoms with E-state index in [2.05, 4.69) is 16.0 Å². The molecule has 0 atom stereocenters. The second kappa shape index (κ2) is 7.82. The fraction of sp³-hybridized carbons (Fsp3) is 0.211. The topological polar surface area (TPSA) is 45.6 Å². The van der Waals surface area contributed by atoms with Gasteiger partial charge in [0.2, 0.25) is 5.91 Å². The predicted molar refractivity (Wildman–Crippen MR) is 115 cm³/mol. The number of benzene rings is 2. The van der Waals surface area contributed by atoms with Crippen LogP contribution in [0, 0.1) is 0 Å². The minimum atomic E-state index is 0.0683. The molecule has 0 saturated heterocycles. The maximum Gasteiger partial charge on any atom is 0.239 e. The molecule has 1 aliphatic heterocycles. The van der Waals surface area contributed by atoms with E-state index in [-0.39, 0.29) is 5.91 Å². The van der Waals surface area contributed by atoms with Gasteiger partial charge in [0.25, 0.3) is 0 Å². The lowest BCUT2D eigenvalue weighted by atomic mass is 10.2. The average molecular weight is 400 g/mol. The van der Waals surface area contributed by atoms with E-state index in [1.54, 1.807) is 28.0 Å². The fourth-order valence-corrected chi connectivity index (χ4v) is 5.67.